The van der Waals surface area contributed by atoms with E-state index in [0.717, 1.165) is 25.7 Å². The summed E-state index contributed by atoms with van der Waals surface area (Å²) in [4.78, 5) is -0.294. The Bertz CT molecular complexity index is 568. The molecule has 1 saturated carbocycles. The summed E-state index contributed by atoms with van der Waals surface area (Å²) in [5, 5.41) is 9.13. The smallest absolute Gasteiger partial charge is 0.246 e. The highest BCUT2D eigenvalue weighted by Crippen LogP contribution is 2.29. The summed E-state index contributed by atoms with van der Waals surface area (Å²) in [5.41, 5.74) is 0.695. The van der Waals surface area contributed by atoms with Gasteiger partial charge < -0.3 is 5.11 Å². The molecule has 0 aromatic heterocycles. The van der Waals surface area contributed by atoms with Gasteiger partial charge in [-0.25, -0.2) is 12.8 Å². The summed E-state index contributed by atoms with van der Waals surface area (Å²) in [6, 6.07) is 3.94. The Morgan fingerprint density at radius 1 is 1.35 bits per heavy atom. The molecule has 1 N–H and O–H groups in total. The number of aryl methyl sites for hydroxylation is 1. The molecule has 1 aliphatic rings. The first kappa shape index (κ1) is 15.4. The van der Waals surface area contributed by atoms with E-state index in [0.29, 0.717) is 5.56 Å². The standard InChI is InChI=1S/C14H20FNO3S/c1-11-6-7-13(15)14(10-11)20(18,19)16(8-9-17)12-4-2-3-5-12/h6-7,10,12,17H,2-5,8-9H2,1H3. The van der Waals surface area contributed by atoms with Crippen molar-refractivity contribution in [1.82, 2.24) is 4.31 Å². The molecule has 1 aliphatic carbocycles. The third-order valence-corrected chi connectivity index (χ3v) is 5.69. The minimum atomic E-state index is -3.90. The van der Waals surface area contributed by atoms with Gasteiger partial charge in [0.15, 0.2) is 0 Å². The summed E-state index contributed by atoms with van der Waals surface area (Å²) in [6.45, 7) is 1.48. The predicted molar refractivity (Wildman–Crippen MR) is 74.4 cm³/mol. The van der Waals surface area contributed by atoms with Crippen LogP contribution in [0.15, 0.2) is 23.1 Å². The van der Waals surface area contributed by atoms with Gasteiger partial charge in [-0.3, -0.25) is 0 Å². The Labute approximate surface area is 119 Å². The van der Waals surface area contributed by atoms with Crippen LogP contribution >= 0.6 is 0 Å². The zero-order valence-corrected chi connectivity index (χ0v) is 12.4. The highest BCUT2D eigenvalue weighted by Gasteiger charge is 2.34. The van der Waals surface area contributed by atoms with Gasteiger partial charge in [-0.05, 0) is 37.5 Å². The Balaban J connectivity index is 2.41. The first-order valence-corrected chi connectivity index (χ1v) is 8.29. The summed E-state index contributed by atoms with van der Waals surface area (Å²) < 4.78 is 40.5. The Morgan fingerprint density at radius 2 is 2.00 bits per heavy atom. The number of aliphatic hydroxyl groups excluding tert-OH is 1. The molecule has 0 atom stereocenters. The van der Waals surface area contributed by atoms with Crippen LogP contribution in [0.4, 0.5) is 4.39 Å². The topological polar surface area (TPSA) is 57.6 Å². The molecular weight excluding hydrogens is 281 g/mol. The van der Waals surface area contributed by atoms with Crippen molar-refractivity contribution in [1.29, 1.82) is 0 Å². The molecule has 0 heterocycles. The molecule has 1 aromatic carbocycles. The molecule has 0 unspecified atom stereocenters. The van der Waals surface area contributed by atoms with Gasteiger partial charge in [-0.1, -0.05) is 18.9 Å². The quantitative estimate of drug-likeness (QED) is 0.905. The fourth-order valence-corrected chi connectivity index (χ4v) is 4.55. The maximum absolute atomic E-state index is 13.9. The van der Waals surface area contributed by atoms with Crippen molar-refractivity contribution in [3.63, 3.8) is 0 Å². The Hall–Kier alpha value is -0.980. The molecule has 0 amide bonds. The Kier molecular flexibility index (Phi) is 4.78. The van der Waals surface area contributed by atoms with Gasteiger partial charge in [0.05, 0.1) is 6.61 Å². The largest absolute Gasteiger partial charge is 0.395 e. The minimum Gasteiger partial charge on any atom is -0.395 e. The SMILES string of the molecule is Cc1ccc(F)c(S(=O)(=O)N(CCO)C2CCCC2)c1. The lowest BCUT2D eigenvalue weighted by molar-refractivity contribution is 0.226. The summed E-state index contributed by atoms with van der Waals surface area (Å²) in [5.74, 6) is -0.739. The molecule has 1 aromatic rings. The number of halogens is 1. The maximum atomic E-state index is 13.9. The molecule has 2 rings (SSSR count). The second kappa shape index (κ2) is 6.20. The van der Waals surface area contributed by atoms with E-state index in [2.05, 4.69) is 0 Å². The van der Waals surface area contributed by atoms with Crippen LogP contribution in [0.25, 0.3) is 0 Å². The average Bonchev–Trinajstić information content (AvgIpc) is 2.92. The molecule has 112 valence electrons. The van der Waals surface area contributed by atoms with Crippen LogP contribution in [0.2, 0.25) is 0 Å². The lowest BCUT2D eigenvalue weighted by atomic mass is 10.2. The molecule has 6 heteroatoms. The second-order valence-electron chi connectivity index (χ2n) is 5.21. The van der Waals surface area contributed by atoms with Gasteiger partial charge >= 0.3 is 0 Å². The van der Waals surface area contributed by atoms with Crippen molar-refractivity contribution >= 4 is 10.0 Å². The van der Waals surface area contributed by atoms with Crippen molar-refractivity contribution in [2.24, 2.45) is 0 Å². The molecule has 0 bridgehead atoms. The number of nitrogens with zero attached hydrogens (tertiary/aromatic N) is 1. The average molecular weight is 301 g/mol. The van der Waals surface area contributed by atoms with E-state index < -0.39 is 15.8 Å². The zero-order valence-electron chi connectivity index (χ0n) is 11.5. The van der Waals surface area contributed by atoms with E-state index in [9.17, 15) is 12.8 Å². The number of hydrogen-bond acceptors (Lipinski definition) is 3. The number of benzene rings is 1. The van der Waals surface area contributed by atoms with Crippen molar-refractivity contribution in [3.05, 3.63) is 29.6 Å². The van der Waals surface area contributed by atoms with Gasteiger partial charge in [0.1, 0.15) is 10.7 Å². The lowest BCUT2D eigenvalue weighted by Gasteiger charge is -2.27. The molecule has 0 spiro atoms. The van der Waals surface area contributed by atoms with Crippen molar-refractivity contribution in [3.8, 4) is 0 Å². The number of rotatable bonds is 5. The van der Waals surface area contributed by atoms with Gasteiger partial charge in [0.25, 0.3) is 0 Å². The third-order valence-electron chi connectivity index (χ3n) is 3.73. The predicted octanol–water partition coefficient (Wildman–Crippen LogP) is 2.06. The van der Waals surface area contributed by atoms with Crippen LogP contribution in [-0.4, -0.2) is 37.0 Å². The van der Waals surface area contributed by atoms with Crippen molar-refractivity contribution < 1.29 is 17.9 Å². The van der Waals surface area contributed by atoms with Gasteiger partial charge in [-0.15, -0.1) is 0 Å². The molecule has 20 heavy (non-hydrogen) atoms. The normalized spacial score (nSPS) is 17.0. The van der Waals surface area contributed by atoms with E-state index >= 15 is 0 Å². The van der Waals surface area contributed by atoms with Crippen molar-refractivity contribution in [2.75, 3.05) is 13.2 Å². The van der Waals surface area contributed by atoms with E-state index in [1.165, 1.54) is 16.4 Å². The summed E-state index contributed by atoms with van der Waals surface area (Å²) in [7, 11) is -3.90. The first-order valence-electron chi connectivity index (χ1n) is 6.85. The van der Waals surface area contributed by atoms with E-state index in [-0.39, 0.29) is 24.1 Å². The van der Waals surface area contributed by atoms with Gasteiger partial charge in [-0.2, -0.15) is 4.31 Å². The maximum Gasteiger partial charge on any atom is 0.246 e. The summed E-state index contributed by atoms with van der Waals surface area (Å²) in [6.07, 6.45) is 3.48. The summed E-state index contributed by atoms with van der Waals surface area (Å²) >= 11 is 0. The zero-order chi connectivity index (χ0) is 14.8. The van der Waals surface area contributed by atoms with Gasteiger partial charge in [0, 0.05) is 12.6 Å². The highest BCUT2D eigenvalue weighted by atomic mass is 32.2. The van der Waals surface area contributed by atoms with E-state index in [1.807, 2.05) is 0 Å². The number of aliphatic hydroxyl groups is 1. The lowest BCUT2D eigenvalue weighted by Crippen LogP contribution is -2.41. The van der Waals surface area contributed by atoms with E-state index in [4.69, 9.17) is 5.11 Å². The van der Waals surface area contributed by atoms with Crippen LogP contribution in [-0.2, 0) is 10.0 Å². The molecule has 1 fully saturated rings. The Morgan fingerprint density at radius 3 is 2.60 bits per heavy atom. The fraction of sp³-hybridized carbons (Fsp3) is 0.571. The molecule has 4 nitrogen and oxygen atoms in total. The van der Waals surface area contributed by atoms with Crippen LogP contribution in [0.3, 0.4) is 0 Å². The highest BCUT2D eigenvalue weighted by molar-refractivity contribution is 7.89. The van der Waals surface area contributed by atoms with Gasteiger partial charge in [0.2, 0.25) is 10.0 Å². The van der Waals surface area contributed by atoms with Crippen LogP contribution < -0.4 is 0 Å². The van der Waals surface area contributed by atoms with Crippen LogP contribution in [0.5, 0.6) is 0 Å². The first-order chi connectivity index (χ1) is 9.46. The number of sulfonamides is 1. The number of hydrogen-bond donors (Lipinski definition) is 1. The molecule has 0 radical (unpaired) electrons. The third kappa shape index (κ3) is 3.02. The molecule has 0 saturated heterocycles. The molecule has 0 aliphatic heterocycles. The second-order valence-corrected chi connectivity index (χ2v) is 7.07. The minimum absolute atomic E-state index is 0.0143. The molecular formula is C14H20FNO3S. The van der Waals surface area contributed by atoms with Crippen molar-refractivity contribution in [2.45, 2.75) is 43.5 Å². The monoisotopic (exact) mass is 301 g/mol. The van der Waals surface area contributed by atoms with Crippen LogP contribution in [0, 0.1) is 12.7 Å². The van der Waals surface area contributed by atoms with E-state index in [1.54, 1.807) is 13.0 Å². The van der Waals surface area contributed by atoms with Crippen LogP contribution in [0.1, 0.15) is 31.2 Å². The fourth-order valence-electron chi connectivity index (χ4n) is 2.72.